The van der Waals surface area contributed by atoms with Crippen molar-refractivity contribution in [3.63, 3.8) is 0 Å². The molecule has 12 heavy (non-hydrogen) atoms. The maximum Gasteiger partial charge on any atom is 0.447 e. The third-order valence-corrected chi connectivity index (χ3v) is 2.19. The molecule has 0 fully saturated rings. The molecule has 0 unspecified atom stereocenters. The number of hydrogen-bond donors (Lipinski definition) is 0. The second kappa shape index (κ2) is 4.05. The monoisotopic (exact) mass is 246 g/mol. The molecule has 0 bridgehead atoms. The first-order chi connectivity index (χ1) is 5.10. The normalized spacial score (nSPS) is 13.2. The van der Waals surface area contributed by atoms with E-state index in [1.54, 1.807) is 0 Å². The molecule has 0 heterocycles. The van der Waals surface area contributed by atoms with Gasteiger partial charge in [-0.2, -0.15) is 26.3 Å². The van der Waals surface area contributed by atoms with Gasteiger partial charge in [0, 0.05) is 23.5 Å². The van der Waals surface area contributed by atoms with Crippen molar-refractivity contribution in [1.82, 2.24) is 0 Å². The van der Waals surface area contributed by atoms with Crippen LogP contribution in [0.1, 0.15) is 0 Å². The van der Waals surface area contributed by atoms with Gasteiger partial charge in [0.25, 0.3) is 0 Å². The second-order valence-corrected chi connectivity index (χ2v) is 4.68. The lowest BCUT2D eigenvalue weighted by Gasteiger charge is -2.07. The lowest BCUT2D eigenvalue weighted by atomic mass is 11.5. The van der Waals surface area contributed by atoms with Gasteiger partial charge >= 0.3 is 11.0 Å². The van der Waals surface area contributed by atoms with Gasteiger partial charge in [-0.15, -0.1) is 0 Å². The Morgan fingerprint density at radius 2 is 1.08 bits per heavy atom. The van der Waals surface area contributed by atoms with Crippen molar-refractivity contribution in [2.75, 3.05) is 0 Å². The smallest absolute Gasteiger partial charge is 0.160 e. The molecule has 0 nitrogen and oxygen atoms in total. The molecule has 0 N–H and O–H groups in total. The molecule has 0 spiro atoms. The summed E-state index contributed by atoms with van der Waals surface area (Å²) in [5.41, 5.74) is -9.51. The van der Waals surface area contributed by atoms with Gasteiger partial charge in [-0.25, -0.2) is 0 Å². The van der Waals surface area contributed by atoms with Crippen LogP contribution in [0.5, 0.6) is 0 Å². The number of thioether (sulfide) groups is 2. The van der Waals surface area contributed by atoms with Crippen molar-refractivity contribution in [1.29, 1.82) is 0 Å². The van der Waals surface area contributed by atoms with Crippen LogP contribution in [0.2, 0.25) is 0 Å². The Morgan fingerprint density at radius 3 is 1.25 bits per heavy atom. The summed E-state index contributed by atoms with van der Waals surface area (Å²) in [5.74, 6) is 0. The molecule has 0 saturated carbocycles. The maximum absolute atomic E-state index is 11.4. The number of halogens is 6. The van der Waals surface area contributed by atoms with Crippen LogP contribution >= 0.6 is 35.7 Å². The summed E-state index contributed by atoms with van der Waals surface area (Å²) in [4.78, 5) is 0. The van der Waals surface area contributed by atoms with Crippen LogP contribution < -0.4 is 0 Å². The first-order valence-corrected chi connectivity index (χ1v) is 4.20. The van der Waals surface area contributed by atoms with Crippen LogP contribution in [-0.2, 0) is 0 Å². The summed E-state index contributed by atoms with van der Waals surface area (Å²) in [7, 11) is 0. The minimum atomic E-state index is -4.75. The predicted molar refractivity (Wildman–Crippen MR) is 39.9 cm³/mol. The Hall–Kier alpha value is 0.370. The van der Waals surface area contributed by atoms with Crippen molar-refractivity contribution in [2.45, 2.75) is 11.0 Å². The summed E-state index contributed by atoms with van der Waals surface area (Å²) in [6.07, 6.45) is 0. The zero-order chi connectivity index (χ0) is 9.99. The van der Waals surface area contributed by atoms with Crippen molar-refractivity contribution in [3.05, 3.63) is 0 Å². The van der Waals surface area contributed by atoms with E-state index in [4.69, 9.17) is 0 Å². The van der Waals surface area contributed by atoms with E-state index in [-0.39, 0.29) is 0 Å². The zero-order valence-corrected chi connectivity index (χ0v) is 7.44. The van der Waals surface area contributed by atoms with Crippen LogP contribution in [0.25, 0.3) is 0 Å². The Kier molecular flexibility index (Phi) is 4.18. The SMILES string of the molecule is FC(F)(F)SC(=S)SC(F)(F)F. The third-order valence-electron chi connectivity index (χ3n) is 0.398. The molecule has 0 amide bonds. The van der Waals surface area contributed by atoms with E-state index in [1.165, 1.54) is 0 Å². The van der Waals surface area contributed by atoms with E-state index >= 15 is 0 Å². The quantitative estimate of drug-likeness (QED) is 0.471. The van der Waals surface area contributed by atoms with Gasteiger partial charge in [0.05, 0.1) is 0 Å². The number of hydrogen-bond acceptors (Lipinski definition) is 3. The van der Waals surface area contributed by atoms with Gasteiger partial charge in [-0.3, -0.25) is 0 Å². The maximum atomic E-state index is 11.4. The van der Waals surface area contributed by atoms with E-state index in [1.807, 2.05) is 0 Å². The average molecular weight is 246 g/mol. The summed E-state index contributed by atoms with van der Waals surface area (Å²) in [6, 6.07) is 0. The summed E-state index contributed by atoms with van der Waals surface area (Å²) in [6.45, 7) is 0. The first kappa shape index (κ1) is 12.4. The topological polar surface area (TPSA) is 0 Å². The van der Waals surface area contributed by atoms with Crippen molar-refractivity contribution in [2.24, 2.45) is 0 Å². The fourth-order valence-corrected chi connectivity index (χ4v) is 1.89. The first-order valence-electron chi connectivity index (χ1n) is 2.15. The van der Waals surface area contributed by atoms with Crippen molar-refractivity contribution >= 4 is 39.3 Å². The molecule has 0 aliphatic carbocycles. The van der Waals surface area contributed by atoms with Gasteiger partial charge in [-0.05, 0) is 0 Å². The van der Waals surface area contributed by atoms with Gasteiger partial charge in [-0.1, -0.05) is 12.2 Å². The van der Waals surface area contributed by atoms with E-state index in [0.29, 0.717) is 0 Å². The Labute approximate surface area is 77.1 Å². The Morgan fingerprint density at radius 1 is 0.833 bits per heavy atom. The molecule has 0 radical (unpaired) electrons. The highest BCUT2D eigenvalue weighted by Crippen LogP contribution is 2.41. The summed E-state index contributed by atoms with van der Waals surface area (Å²) < 4.78 is 67.1. The van der Waals surface area contributed by atoms with E-state index in [0.717, 1.165) is 0 Å². The van der Waals surface area contributed by atoms with Gasteiger partial charge < -0.3 is 0 Å². The van der Waals surface area contributed by atoms with Crippen LogP contribution in [-0.4, -0.2) is 14.5 Å². The molecular formula is C3F6S3. The molecular weight excluding hydrogens is 246 g/mol. The molecule has 0 aromatic carbocycles. The van der Waals surface area contributed by atoms with Crippen LogP contribution in [0.3, 0.4) is 0 Å². The molecule has 9 heteroatoms. The Bertz CT molecular complexity index is 150. The van der Waals surface area contributed by atoms with Crippen LogP contribution in [0.4, 0.5) is 26.3 Å². The molecule has 0 aromatic heterocycles. The third kappa shape index (κ3) is 8.47. The molecule has 0 atom stereocenters. The van der Waals surface area contributed by atoms with E-state index < -0.39 is 38.1 Å². The largest absolute Gasteiger partial charge is 0.447 e. The highest BCUT2D eigenvalue weighted by Gasteiger charge is 2.37. The standard InChI is InChI=1S/C3F6S3/c4-2(5,6)11-1(10)12-3(7,8)9. The van der Waals surface area contributed by atoms with E-state index in [9.17, 15) is 26.3 Å². The molecule has 0 aliphatic heterocycles. The molecule has 0 aliphatic rings. The highest BCUT2D eigenvalue weighted by atomic mass is 32.2. The fourth-order valence-electron chi connectivity index (χ4n) is 0.210. The van der Waals surface area contributed by atoms with Gasteiger partial charge in [0.15, 0.2) is 0 Å². The van der Waals surface area contributed by atoms with Crippen molar-refractivity contribution < 1.29 is 26.3 Å². The lowest BCUT2D eigenvalue weighted by Crippen LogP contribution is -2.08. The van der Waals surface area contributed by atoms with Crippen molar-refractivity contribution in [3.8, 4) is 0 Å². The zero-order valence-electron chi connectivity index (χ0n) is 4.99. The Balaban J connectivity index is 3.92. The molecule has 72 valence electrons. The number of rotatable bonds is 0. The fraction of sp³-hybridized carbons (Fsp3) is 0.667. The number of alkyl halides is 6. The van der Waals surface area contributed by atoms with Crippen LogP contribution in [0, 0.1) is 0 Å². The average Bonchev–Trinajstić information content (AvgIpc) is 1.49. The lowest BCUT2D eigenvalue weighted by molar-refractivity contribution is -0.0316. The van der Waals surface area contributed by atoms with Crippen LogP contribution in [0.15, 0.2) is 0 Å². The van der Waals surface area contributed by atoms with Gasteiger partial charge in [0.1, 0.15) is 3.53 Å². The van der Waals surface area contributed by atoms with E-state index in [2.05, 4.69) is 12.2 Å². The minimum absolute atomic E-state index is 0.942. The number of thiocarbonyl (C=S) groups is 1. The highest BCUT2D eigenvalue weighted by molar-refractivity contribution is 8.47. The predicted octanol–water partition coefficient (Wildman–Crippen LogP) is 3.78. The summed E-state index contributed by atoms with van der Waals surface area (Å²) in [5, 5.41) is 0. The molecule has 0 aromatic rings. The summed E-state index contributed by atoms with van der Waals surface area (Å²) >= 11 is 1.95. The van der Waals surface area contributed by atoms with Gasteiger partial charge in [0.2, 0.25) is 0 Å². The second-order valence-electron chi connectivity index (χ2n) is 1.35. The molecule has 0 rings (SSSR count). The molecule has 0 saturated heterocycles. The minimum Gasteiger partial charge on any atom is -0.160 e.